The molecule has 0 aliphatic heterocycles. The van der Waals surface area contributed by atoms with Crippen molar-refractivity contribution in [1.29, 1.82) is 0 Å². The highest BCUT2D eigenvalue weighted by Crippen LogP contribution is 2.10. The van der Waals surface area contributed by atoms with Crippen LogP contribution in [0.4, 0.5) is 0 Å². The fourth-order valence-electron chi connectivity index (χ4n) is 3.49. The summed E-state index contributed by atoms with van der Waals surface area (Å²) in [5.41, 5.74) is 1.25. The van der Waals surface area contributed by atoms with Gasteiger partial charge in [0.2, 0.25) is 0 Å². The van der Waals surface area contributed by atoms with Gasteiger partial charge in [0.1, 0.15) is 0 Å². The van der Waals surface area contributed by atoms with Gasteiger partial charge in [0.15, 0.2) is 0 Å². The van der Waals surface area contributed by atoms with Crippen LogP contribution in [0.15, 0.2) is 24.4 Å². The molecule has 0 aromatic heterocycles. The molecule has 0 rings (SSSR count). The fraction of sp³-hybridized carbons (Fsp3) is 0.846. The minimum Gasteiger partial charge on any atom is -0.389 e. The van der Waals surface area contributed by atoms with Crippen LogP contribution in [-0.2, 0) is 0 Å². The van der Waals surface area contributed by atoms with Gasteiger partial charge in [-0.2, -0.15) is 0 Å². The van der Waals surface area contributed by atoms with Crippen molar-refractivity contribution in [1.82, 2.24) is 5.32 Å². The van der Waals surface area contributed by atoms with Gasteiger partial charge >= 0.3 is 0 Å². The topological polar surface area (TPSA) is 12.0 Å². The standard InChI is InChI=1S/C26H51N/c1-4-6-8-10-11-12-13-14-15-16-17-18-19-20-21-23-25-27-26(3)24-22-9-7-5-2/h14-15,27H,3-13,16-25H2,1-2H3/b15-14-. The summed E-state index contributed by atoms with van der Waals surface area (Å²) in [5, 5.41) is 3.51. The van der Waals surface area contributed by atoms with E-state index in [1.807, 2.05) is 0 Å². The Kier molecular flexibility index (Phi) is 22.7. The zero-order valence-corrected chi connectivity index (χ0v) is 19.0. The van der Waals surface area contributed by atoms with Crippen molar-refractivity contribution in [2.24, 2.45) is 0 Å². The quantitative estimate of drug-likeness (QED) is 0.146. The highest BCUT2D eigenvalue weighted by molar-refractivity contribution is 4.90. The van der Waals surface area contributed by atoms with Crippen LogP contribution in [0.1, 0.15) is 136 Å². The van der Waals surface area contributed by atoms with Crippen molar-refractivity contribution in [3.8, 4) is 0 Å². The van der Waals surface area contributed by atoms with Gasteiger partial charge in [0.25, 0.3) is 0 Å². The van der Waals surface area contributed by atoms with Crippen molar-refractivity contribution in [2.45, 2.75) is 136 Å². The smallest absolute Gasteiger partial charge is 0.0143 e. The van der Waals surface area contributed by atoms with Gasteiger partial charge in [-0.05, 0) is 44.9 Å². The molecule has 0 atom stereocenters. The molecule has 1 nitrogen and oxygen atoms in total. The normalized spacial score (nSPS) is 11.3. The highest BCUT2D eigenvalue weighted by atomic mass is 14.9. The molecule has 1 N–H and O–H groups in total. The van der Waals surface area contributed by atoms with Gasteiger partial charge < -0.3 is 5.32 Å². The third-order valence-electron chi connectivity index (χ3n) is 5.40. The van der Waals surface area contributed by atoms with Gasteiger partial charge in [-0.1, -0.05) is 110 Å². The third-order valence-corrected chi connectivity index (χ3v) is 5.40. The summed E-state index contributed by atoms with van der Waals surface area (Å²) in [5.74, 6) is 0. The summed E-state index contributed by atoms with van der Waals surface area (Å²) >= 11 is 0. The van der Waals surface area contributed by atoms with Gasteiger partial charge in [0.05, 0.1) is 0 Å². The average molecular weight is 378 g/mol. The van der Waals surface area contributed by atoms with Crippen LogP contribution in [0.3, 0.4) is 0 Å². The van der Waals surface area contributed by atoms with Crippen LogP contribution in [-0.4, -0.2) is 6.54 Å². The fourth-order valence-corrected chi connectivity index (χ4v) is 3.49. The summed E-state index contributed by atoms with van der Waals surface area (Å²) in [6, 6.07) is 0. The first-order valence-corrected chi connectivity index (χ1v) is 12.4. The van der Waals surface area contributed by atoms with E-state index in [9.17, 15) is 0 Å². The Hall–Kier alpha value is -0.720. The molecule has 27 heavy (non-hydrogen) atoms. The van der Waals surface area contributed by atoms with Crippen molar-refractivity contribution in [2.75, 3.05) is 6.54 Å². The molecule has 0 spiro atoms. The summed E-state index contributed by atoms with van der Waals surface area (Å²) in [7, 11) is 0. The maximum Gasteiger partial charge on any atom is 0.0143 e. The Morgan fingerprint density at radius 1 is 0.593 bits per heavy atom. The molecular formula is C26H51N. The molecule has 0 saturated carbocycles. The van der Waals surface area contributed by atoms with E-state index >= 15 is 0 Å². The lowest BCUT2D eigenvalue weighted by atomic mass is 10.1. The first kappa shape index (κ1) is 26.3. The SMILES string of the molecule is C=C(CCCCCC)NCCCCCCCC/C=C\CCCCCCCC. The molecule has 0 bridgehead atoms. The predicted molar refractivity (Wildman–Crippen MR) is 125 cm³/mol. The Balaban J connectivity index is 3.16. The maximum absolute atomic E-state index is 4.15. The molecule has 0 heterocycles. The van der Waals surface area contributed by atoms with E-state index in [-0.39, 0.29) is 0 Å². The molecule has 0 amide bonds. The van der Waals surface area contributed by atoms with Crippen LogP contribution >= 0.6 is 0 Å². The largest absolute Gasteiger partial charge is 0.389 e. The first-order chi connectivity index (χ1) is 13.3. The van der Waals surface area contributed by atoms with Gasteiger partial charge in [0, 0.05) is 12.2 Å². The van der Waals surface area contributed by atoms with E-state index in [0.717, 1.165) is 13.0 Å². The van der Waals surface area contributed by atoms with Gasteiger partial charge in [-0.15, -0.1) is 0 Å². The Bertz CT molecular complexity index is 318. The molecule has 0 aromatic rings. The molecule has 0 fully saturated rings. The molecule has 0 aromatic carbocycles. The van der Waals surface area contributed by atoms with Crippen LogP contribution in [0, 0.1) is 0 Å². The summed E-state index contributed by atoms with van der Waals surface area (Å²) in [4.78, 5) is 0. The van der Waals surface area contributed by atoms with Crippen molar-refractivity contribution in [3.05, 3.63) is 24.4 Å². The molecule has 0 radical (unpaired) electrons. The van der Waals surface area contributed by atoms with Crippen molar-refractivity contribution < 1.29 is 0 Å². The van der Waals surface area contributed by atoms with E-state index in [2.05, 4.69) is 37.9 Å². The van der Waals surface area contributed by atoms with Crippen LogP contribution in [0.2, 0.25) is 0 Å². The zero-order chi connectivity index (χ0) is 19.8. The van der Waals surface area contributed by atoms with Crippen molar-refractivity contribution >= 4 is 0 Å². The minimum absolute atomic E-state index is 1.12. The van der Waals surface area contributed by atoms with E-state index < -0.39 is 0 Å². The van der Waals surface area contributed by atoms with Gasteiger partial charge in [-0.25, -0.2) is 0 Å². The zero-order valence-electron chi connectivity index (χ0n) is 19.0. The van der Waals surface area contributed by atoms with Crippen LogP contribution in [0.25, 0.3) is 0 Å². The monoisotopic (exact) mass is 377 g/mol. The molecule has 0 aliphatic rings. The number of hydrogen-bond acceptors (Lipinski definition) is 1. The molecular weight excluding hydrogens is 326 g/mol. The van der Waals surface area contributed by atoms with E-state index in [1.165, 1.54) is 121 Å². The second-order valence-corrected chi connectivity index (χ2v) is 8.28. The van der Waals surface area contributed by atoms with Crippen LogP contribution < -0.4 is 5.32 Å². The lowest BCUT2D eigenvalue weighted by Gasteiger charge is -2.09. The molecule has 160 valence electrons. The highest BCUT2D eigenvalue weighted by Gasteiger charge is 1.95. The second kappa shape index (κ2) is 23.3. The van der Waals surface area contributed by atoms with E-state index in [4.69, 9.17) is 0 Å². The number of hydrogen-bond donors (Lipinski definition) is 1. The summed E-state index contributed by atoms with van der Waals surface area (Å²) < 4.78 is 0. The van der Waals surface area contributed by atoms with Gasteiger partial charge in [-0.3, -0.25) is 0 Å². The lowest BCUT2D eigenvalue weighted by Crippen LogP contribution is -2.13. The summed E-state index contributed by atoms with van der Waals surface area (Å²) in [6.45, 7) is 9.82. The Morgan fingerprint density at radius 3 is 1.59 bits per heavy atom. The first-order valence-electron chi connectivity index (χ1n) is 12.4. The molecule has 0 saturated heterocycles. The maximum atomic E-state index is 4.15. The molecule has 0 aliphatic carbocycles. The predicted octanol–water partition coefficient (Wildman–Crippen LogP) is 9.10. The van der Waals surface area contributed by atoms with Crippen LogP contribution in [0.5, 0.6) is 0 Å². The summed E-state index contributed by atoms with van der Waals surface area (Å²) in [6.07, 6.45) is 30.6. The average Bonchev–Trinajstić information content (AvgIpc) is 2.67. The van der Waals surface area contributed by atoms with Crippen molar-refractivity contribution in [3.63, 3.8) is 0 Å². The third kappa shape index (κ3) is 23.2. The molecule has 0 unspecified atom stereocenters. The van der Waals surface area contributed by atoms with E-state index in [0.29, 0.717) is 0 Å². The number of unbranched alkanes of at least 4 members (excludes halogenated alkanes) is 15. The molecule has 1 heteroatoms. The number of nitrogens with one attached hydrogen (secondary N) is 1. The number of allylic oxidation sites excluding steroid dienone is 3. The van der Waals surface area contributed by atoms with E-state index in [1.54, 1.807) is 0 Å². The Labute approximate surface area is 172 Å². The number of rotatable bonds is 22. The Morgan fingerprint density at radius 2 is 1.04 bits per heavy atom. The lowest BCUT2D eigenvalue weighted by molar-refractivity contribution is 0.575. The minimum atomic E-state index is 1.12. The second-order valence-electron chi connectivity index (χ2n) is 8.28.